The highest BCUT2D eigenvalue weighted by molar-refractivity contribution is 5.87. The van der Waals surface area contributed by atoms with Gasteiger partial charge in [0.25, 0.3) is 0 Å². The molecule has 2 aliphatic carbocycles. The molecule has 0 atom stereocenters. The Balaban J connectivity index is 0.000000150. The van der Waals surface area contributed by atoms with E-state index in [1.54, 1.807) is 24.3 Å². The molecular weight excluding hydrogens is 741 g/mol. The van der Waals surface area contributed by atoms with E-state index in [1.807, 2.05) is 97.1 Å². The summed E-state index contributed by atoms with van der Waals surface area (Å²) in [7, 11) is 0. The van der Waals surface area contributed by atoms with Crippen molar-refractivity contribution in [2.24, 2.45) is 0 Å². The zero-order valence-electron chi connectivity index (χ0n) is 30.5. The third-order valence-electron chi connectivity index (χ3n) is 11.4. The minimum atomic E-state index is -0.990. The number of hydrogen-bond acceptors (Lipinski definition) is 4. The highest BCUT2D eigenvalue weighted by Gasteiger charge is 2.48. The molecule has 4 N–H and O–H groups in total. The average molecular weight is 773 g/mol. The van der Waals surface area contributed by atoms with Crippen LogP contribution in [0.2, 0.25) is 0 Å². The molecule has 0 spiro atoms. The van der Waals surface area contributed by atoms with Crippen molar-refractivity contribution >= 4 is 0 Å². The van der Waals surface area contributed by atoms with E-state index in [-0.39, 0.29) is 0 Å². The van der Waals surface area contributed by atoms with Gasteiger partial charge in [-0.05, 0) is 115 Å². The van der Waals surface area contributed by atoms with E-state index < -0.39 is 57.1 Å². The van der Waals surface area contributed by atoms with Crippen LogP contribution in [0, 0.1) is 23.3 Å². The Morgan fingerprint density at radius 2 is 0.483 bits per heavy atom. The lowest BCUT2D eigenvalue weighted by atomic mass is 9.67. The van der Waals surface area contributed by atoms with Gasteiger partial charge in [0.05, 0.1) is 10.8 Å². The molecule has 0 saturated carbocycles. The second-order valence-electron chi connectivity index (χ2n) is 14.3. The number of fused-ring (bicyclic) bond motifs is 6. The van der Waals surface area contributed by atoms with Gasteiger partial charge in [-0.2, -0.15) is 0 Å². The Hall–Kier alpha value is -7.32. The van der Waals surface area contributed by atoms with Crippen LogP contribution in [0.3, 0.4) is 0 Å². The maximum absolute atomic E-state index is 14.4. The van der Waals surface area contributed by atoms with E-state index in [4.69, 9.17) is 0 Å². The maximum atomic E-state index is 14.4. The number of hydrogen-bond donors (Lipinski definition) is 4. The van der Waals surface area contributed by atoms with Crippen molar-refractivity contribution in [2.75, 3.05) is 0 Å². The number of phenolic OH excluding ortho intramolecular Hbond substituents is 4. The van der Waals surface area contributed by atoms with Gasteiger partial charge in [0.1, 0.15) is 0 Å². The molecule has 0 saturated heterocycles. The van der Waals surface area contributed by atoms with Crippen LogP contribution in [0.4, 0.5) is 17.6 Å². The van der Waals surface area contributed by atoms with Crippen molar-refractivity contribution in [3.63, 3.8) is 0 Å². The SMILES string of the molecule is Oc1ccc(C2(c3ccc(O)c(F)c3)c3ccccc3-c3ccccc32)cc1F.Oc1ccc(C2(c3ccc(O)c(F)c3)c3ccccc3-c3ccccc32)cc1F. The van der Waals surface area contributed by atoms with Crippen molar-refractivity contribution in [1.29, 1.82) is 0 Å². The fourth-order valence-corrected chi connectivity index (χ4v) is 9.01. The molecule has 0 fully saturated rings. The molecule has 0 heterocycles. The van der Waals surface area contributed by atoms with Gasteiger partial charge < -0.3 is 20.4 Å². The number of benzene rings is 8. The second kappa shape index (κ2) is 13.7. The van der Waals surface area contributed by atoms with E-state index in [9.17, 15) is 38.0 Å². The molecule has 0 bridgehead atoms. The van der Waals surface area contributed by atoms with Gasteiger partial charge in [-0.3, -0.25) is 0 Å². The van der Waals surface area contributed by atoms with Gasteiger partial charge in [0.2, 0.25) is 0 Å². The Morgan fingerprint density at radius 1 is 0.276 bits per heavy atom. The summed E-state index contributed by atoms with van der Waals surface area (Å²) in [6.45, 7) is 0. The molecule has 0 aliphatic heterocycles. The molecule has 4 nitrogen and oxygen atoms in total. The molecule has 8 aromatic rings. The van der Waals surface area contributed by atoms with Crippen LogP contribution in [0.25, 0.3) is 22.3 Å². The van der Waals surface area contributed by atoms with Crippen LogP contribution in [-0.2, 0) is 10.8 Å². The van der Waals surface area contributed by atoms with E-state index in [1.165, 1.54) is 48.5 Å². The summed E-state index contributed by atoms with van der Waals surface area (Å²) in [5.74, 6) is -4.77. The summed E-state index contributed by atoms with van der Waals surface area (Å²) >= 11 is 0. The third-order valence-corrected chi connectivity index (χ3v) is 11.4. The highest BCUT2D eigenvalue weighted by atomic mass is 19.1. The van der Waals surface area contributed by atoms with Crippen LogP contribution in [0.5, 0.6) is 23.0 Å². The van der Waals surface area contributed by atoms with Crippen LogP contribution in [0.1, 0.15) is 44.5 Å². The highest BCUT2D eigenvalue weighted by Crippen LogP contribution is 2.58. The molecule has 10 rings (SSSR count). The van der Waals surface area contributed by atoms with Crippen molar-refractivity contribution in [3.8, 4) is 45.3 Å². The Kier molecular flexibility index (Phi) is 8.58. The number of aromatic hydroxyl groups is 4. The smallest absolute Gasteiger partial charge is 0.165 e. The topological polar surface area (TPSA) is 80.9 Å². The first kappa shape index (κ1) is 36.3. The first-order valence-electron chi connectivity index (χ1n) is 18.4. The predicted molar refractivity (Wildman–Crippen MR) is 214 cm³/mol. The Bertz CT molecular complexity index is 2530. The van der Waals surface area contributed by atoms with E-state index in [2.05, 4.69) is 0 Å². The number of phenols is 4. The minimum Gasteiger partial charge on any atom is -0.505 e. The van der Waals surface area contributed by atoms with E-state index >= 15 is 0 Å². The lowest BCUT2D eigenvalue weighted by Gasteiger charge is -2.34. The molecule has 8 heteroatoms. The predicted octanol–water partition coefficient (Wildman–Crippen LogP) is 11.5. The standard InChI is InChI=1S/2C25H16F2O2/c2*26-21-13-15(9-11-23(21)28)25(16-10-12-24(29)22(27)14-16)19-7-3-1-5-17(19)18-6-2-4-8-20(18)25/h2*1-14,28-29H. The molecule has 2 aliphatic rings. The monoisotopic (exact) mass is 772 g/mol. The first-order chi connectivity index (χ1) is 28.1. The quantitative estimate of drug-likeness (QED) is 0.134. The fourth-order valence-electron chi connectivity index (χ4n) is 9.01. The maximum Gasteiger partial charge on any atom is 0.165 e. The Labute approximate surface area is 330 Å². The summed E-state index contributed by atoms with van der Waals surface area (Å²) in [6, 6.07) is 48.1. The van der Waals surface area contributed by atoms with Crippen LogP contribution < -0.4 is 0 Å². The van der Waals surface area contributed by atoms with Gasteiger partial charge in [-0.1, -0.05) is 121 Å². The van der Waals surface area contributed by atoms with E-state index in [0.29, 0.717) is 22.3 Å². The van der Waals surface area contributed by atoms with Crippen LogP contribution in [-0.4, -0.2) is 20.4 Å². The molecule has 0 amide bonds. The largest absolute Gasteiger partial charge is 0.505 e. The van der Waals surface area contributed by atoms with Crippen LogP contribution in [0.15, 0.2) is 170 Å². The molecule has 0 unspecified atom stereocenters. The summed E-state index contributed by atoms with van der Waals surface area (Å²) < 4.78 is 57.8. The summed E-state index contributed by atoms with van der Waals surface area (Å²) in [5.41, 5.74) is 7.73. The number of halogens is 4. The molecule has 0 radical (unpaired) electrons. The lowest BCUT2D eigenvalue weighted by molar-refractivity contribution is 0.429. The third kappa shape index (κ3) is 5.29. The van der Waals surface area contributed by atoms with Gasteiger partial charge >= 0.3 is 0 Å². The van der Waals surface area contributed by atoms with Crippen molar-refractivity contribution in [2.45, 2.75) is 10.8 Å². The summed E-state index contributed by atoms with van der Waals surface area (Å²) in [5, 5.41) is 39.0. The van der Waals surface area contributed by atoms with Crippen molar-refractivity contribution in [3.05, 3.63) is 238 Å². The first-order valence-corrected chi connectivity index (χ1v) is 18.4. The molecule has 8 aromatic carbocycles. The summed E-state index contributed by atoms with van der Waals surface area (Å²) in [4.78, 5) is 0. The van der Waals surface area contributed by atoms with Crippen molar-refractivity contribution < 1.29 is 38.0 Å². The molecule has 0 aromatic heterocycles. The average Bonchev–Trinajstić information content (AvgIpc) is 3.71. The molecule has 58 heavy (non-hydrogen) atoms. The summed E-state index contributed by atoms with van der Waals surface area (Å²) in [6.07, 6.45) is 0. The zero-order valence-corrected chi connectivity index (χ0v) is 30.5. The molecule has 284 valence electrons. The normalized spacial score (nSPS) is 13.7. The number of rotatable bonds is 4. The van der Waals surface area contributed by atoms with Gasteiger partial charge in [-0.25, -0.2) is 17.6 Å². The van der Waals surface area contributed by atoms with Crippen LogP contribution >= 0.6 is 0 Å². The minimum absolute atomic E-state index is 0.444. The lowest BCUT2D eigenvalue weighted by Crippen LogP contribution is -2.28. The zero-order chi connectivity index (χ0) is 40.3. The second-order valence-corrected chi connectivity index (χ2v) is 14.3. The Morgan fingerprint density at radius 3 is 0.690 bits per heavy atom. The van der Waals surface area contributed by atoms with Gasteiger partial charge in [0.15, 0.2) is 46.3 Å². The molecular formula is C50H32F4O4. The fraction of sp³-hybridized carbons (Fsp3) is 0.0400. The van der Waals surface area contributed by atoms with Gasteiger partial charge in [0, 0.05) is 0 Å². The van der Waals surface area contributed by atoms with Crippen molar-refractivity contribution in [1.82, 2.24) is 0 Å². The van der Waals surface area contributed by atoms with Gasteiger partial charge in [-0.15, -0.1) is 0 Å². The van der Waals surface area contributed by atoms with E-state index in [0.717, 1.165) is 44.5 Å².